The van der Waals surface area contributed by atoms with Crippen LogP contribution < -0.4 is 5.11 Å². The number of aliphatic carboxylic acids is 1. The Bertz CT molecular complexity index is 74.0. The summed E-state index contributed by atoms with van der Waals surface area (Å²) in [4.78, 5) is 9.26. The number of hydrogen-bond acceptors (Lipinski definition) is 4. The third-order valence-electron chi connectivity index (χ3n) is 0.489. The minimum absolute atomic E-state index is 0.111. The van der Waals surface area contributed by atoms with Gasteiger partial charge in [0.25, 0.3) is 0 Å². The molecule has 0 aromatic rings. The van der Waals surface area contributed by atoms with Crippen molar-refractivity contribution in [3.05, 3.63) is 0 Å². The predicted octanol–water partition coefficient (Wildman–Crippen LogP) is -2.26. The molecule has 0 aliphatic rings. The Morgan fingerprint density at radius 2 is 1.80 bits per heavy atom. The molecule has 0 heterocycles. The van der Waals surface area contributed by atoms with E-state index in [1.54, 1.807) is 0 Å². The average molecular weight is 344 g/mol. The maximum absolute atomic E-state index is 9.26. The fourth-order valence-electron chi connectivity index (χ4n) is 0.0447. The second-order valence-electron chi connectivity index (χ2n) is 1.23. The zero-order chi connectivity index (χ0) is 8.41. The van der Waals surface area contributed by atoms with Gasteiger partial charge in [-0.3, -0.25) is 0 Å². The summed E-state index contributed by atoms with van der Waals surface area (Å²) in [6, 6.07) is 0. The van der Waals surface area contributed by atoms with E-state index in [9.17, 15) is 9.90 Å². The van der Waals surface area contributed by atoms with E-state index in [0.29, 0.717) is 0 Å². The van der Waals surface area contributed by atoms with Crippen molar-refractivity contribution in [1.82, 2.24) is 0 Å². The zero-order valence-corrected chi connectivity index (χ0v) is 9.26. The van der Waals surface area contributed by atoms with Gasteiger partial charge in [-0.25, -0.2) is 0 Å². The molecule has 0 aliphatic carbocycles. The summed E-state index contributed by atoms with van der Waals surface area (Å²) in [6.45, 7) is 1.54. The first-order valence-electron chi connectivity index (χ1n) is 2.73. The number of hydrogen-bond donors (Lipinski definition) is 2. The van der Waals surface area contributed by atoms with E-state index in [4.69, 9.17) is 10.2 Å². The molecule has 2 radical (unpaired) electrons. The Morgan fingerprint density at radius 1 is 1.50 bits per heavy atom. The summed E-state index contributed by atoms with van der Waals surface area (Å²) in [7, 11) is 0. The number of carbonyl (C=O) groups excluding carboxylic acids is 1. The summed E-state index contributed by atoms with van der Waals surface area (Å²) < 4.78 is 0.549. The molecule has 0 bridgehead atoms. The van der Waals surface area contributed by atoms with Crippen molar-refractivity contribution in [2.45, 2.75) is 13.3 Å². The van der Waals surface area contributed by atoms with Crippen LogP contribution >= 0.6 is 0 Å². The van der Waals surface area contributed by atoms with Crippen molar-refractivity contribution < 1.29 is 20.1 Å². The second-order valence-corrected chi connectivity index (χ2v) is 5.17. The van der Waals surface area contributed by atoms with E-state index in [1.165, 1.54) is 6.92 Å². The van der Waals surface area contributed by atoms with Gasteiger partial charge < -0.3 is 9.90 Å². The average Bonchev–Trinajstić information content (AvgIpc) is 1.91. The van der Waals surface area contributed by atoms with E-state index in [2.05, 4.69) is 0 Å². The van der Waals surface area contributed by atoms with Crippen LogP contribution in [0.2, 0.25) is 0 Å². The van der Waals surface area contributed by atoms with Gasteiger partial charge in [-0.05, 0) is 6.42 Å². The van der Waals surface area contributed by atoms with E-state index in [1.807, 2.05) is 0 Å². The molecule has 0 spiro atoms. The van der Waals surface area contributed by atoms with Gasteiger partial charge in [0, 0.05) is 5.97 Å². The minimum atomic E-state index is -0.995. The Balaban J connectivity index is 0. The molecule has 4 nitrogen and oxygen atoms in total. The number of aliphatic hydroxyl groups excluding tert-OH is 2. The summed E-state index contributed by atoms with van der Waals surface area (Å²) in [5.74, 6) is -0.995. The standard InChI is InChI=1S/C3H6O2.2CH3O.Bi/c1-2-3(4)5;2*1-2;/h2H2,1H3,(H,4,5);2*2H,1H2;/q;;;+1/p-1. The first-order valence-corrected chi connectivity index (χ1v) is 7.65. The molecule has 0 rings (SSSR count). The molecule has 5 heteroatoms. The molecule has 0 aromatic carbocycles. The van der Waals surface area contributed by atoms with Gasteiger partial charge in [0.15, 0.2) is 0 Å². The van der Waals surface area contributed by atoms with Crippen molar-refractivity contribution in [3.8, 4) is 0 Å². The molecule has 0 aromatic heterocycles. The predicted molar refractivity (Wildman–Crippen MR) is 35.2 cm³/mol. The SMILES string of the molecule is CCC(=O)[O-].O[CH2][Bi+][CH2]O. The van der Waals surface area contributed by atoms with Crippen molar-refractivity contribution in [1.29, 1.82) is 0 Å². The van der Waals surface area contributed by atoms with Gasteiger partial charge in [-0.2, -0.15) is 0 Å². The normalized spacial score (nSPS) is 7.90. The summed E-state index contributed by atoms with van der Waals surface area (Å²) in [5, 5.41) is 25.2. The van der Waals surface area contributed by atoms with E-state index >= 15 is 0 Å². The summed E-state index contributed by atoms with van der Waals surface area (Å²) in [6.07, 6.45) is 0.111. The molecular formula is C5H11BiO4. The molecule has 2 N–H and O–H groups in total. The van der Waals surface area contributed by atoms with Crippen molar-refractivity contribution >= 4 is 29.2 Å². The number of carbonyl (C=O) groups is 1. The molecule has 0 amide bonds. The number of aliphatic hydroxyl groups is 2. The third-order valence-corrected chi connectivity index (χ3v) is 2.04. The second kappa shape index (κ2) is 12.0. The fraction of sp³-hybridized carbons (Fsp3) is 0.800. The Kier molecular flexibility index (Phi) is 15.5. The molecule has 60 valence electrons. The number of carboxylic acid groups (broad SMARTS) is 1. The van der Waals surface area contributed by atoms with Crippen LogP contribution in [-0.4, -0.2) is 48.0 Å². The van der Waals surface area contributed by atoms with Crippen LogP contribution in [0.25, 0.3) is 0 Å². The Morgan fingerprint density at radius 3 is 1.80 bits per heavy atom. The van der Waals surface area contributed by atoms with Gasteiger partial charge in [0.1, 0.15) is 0 Å². The number of rotatable bonds is 3. The topological polar surface area (TPSA) is 80.6 Å². The Hall–Kier alpha value is 0.273. The summed E-state index contributed by atoms with van der Waals surface area (Å²) in [5.41, 5.74) is 0. The van der Waals surface area contributed by atoms with Crippen molar-refractivity contribution in [3.63, 3.8) is 0 Å². The molecule has 0 fully saturated rings. The Labute approximate surface area is 71.4 Å². The monoisotopic (exact) mass is 344 g/mol. The quantitative estimate of drug-likeness (QED) is 0.567. The molecule has 0 saturated carbocycles. The summed E-state index contributed by atoms with van der Waals surface area (Å²) >= 11 is -0.744. The van der Waals surface area contributed by atoms with Crippen LogP contribution in [0.3, 0.4) is 0 Å². The van der Waals surface area contributed by atoms with Gasteiger partial charge >= 0.3 is 42.1 Å². The van der Waals surface area contributed by atoms with Crippen LogP contribution in [0.1, 0.15) is 13.3 Å². The van der Waals surface area contributed by atoms with E-state index in [-0.39, 0.29) is 15.1 Å². The van der Waals surface area contributed by atoms with Crippen molar-refractivity contribution in [2.75, 3.05) is 8.63 Å². The molecule has 0 atom stereocenters. The van der Waals surface area contributed by atoms with Crippen LogP contribution in [0.15, 0.2) is 0 Å². The molecule has 10 heavy (non-hydrogen) atoms. The van der Waals surface area contributed by atoms with E-state index < -0.39 is 29.2 Å². The first-order chi connectivity index (χ1) is 4.68. The first kappa shape index (κ1) is 12.9. The third kappa shape index (κ3) is 24.0. The fourth-order valence-corrected chi connectivity index (χ4v) is 0.392. The van der Waals surface area contributed by atoms with Gasteiger partial charge in [-0.1, -0.05) is 6.92 Å². The van der Waals surface area contributed by atoms with Crippen molar-refractivity contribution in [2.24, 2.45) is 0 Å². The zero-order valence-electron chi connectivity index (χ0n) is 5.78. The molecule has 0 aliphatic heterocycles. The number of carboxylic acids is 1. The van der Waals surface area contributed by atoms with Gasteiger partial charge in [-0.15, -0.1) is 0 Å². The van der Waals surface area contributed by atoms with Crippen LogP contribution in [0.4, 0.5) is 0 Å². The van der Waals surface area contributed by atoms with Crippen LogP contribution in [0.5, 0.6) is 0 Å². The van der Waals surface area contributed by atoms with Crippen LogP contribution in [0, 0.1) is 0 Å². The maximum atomic E-state index is 9.26. The van der Waals surface area contributed by atoms with Gasteiger partial charge in [0.2, 0.25) is 0 Å². The van der Waals surface area contributed by atoms with Gasteiger partial charge in [0.05, 0.1) is 0 Å². The molecule has 0 saturated heterocycles. The van der Waals surface area contributed by atoms with E-state index in [0.717, 1.165) is 0 Å². The molecular weight excluding hydrogens is 333 g/mol. The molecule has 0 unspecified atom stereocenters. The van der Waals surface area contributed by atoms with Crippen LogP contribution in [-0.2, 0) is 4.79 Å².